The molecular weight excluding hydrogens is 667 g/mol. The largest absolute Gasteiger partial charge is 0.309 e. The quantitative estimate of drug-likeness (QED) is 0.132. The van der Waals surface area contributed by atoms with Crippen molar-refractivity contribution in [3.05, 3.63) is 200 Å². The van der Waals surface area contributed by atoms with E-state index in [1.54, 1.807) is 0 Å². The summed E-state index contributed by atoms with van der Waals surface area (Å²) in [5.41, 5.74) is 12.0. The Morgan fingerprint density at radius 3 is 1.67 bits per heavy atom. The van der Waals surface area contributed by atoms with E-state index in [2.05, 4.69) is 193 Å². The van der Waals surface area contributed by atoms with E-state index in [-0.39, 0.29) is 0 Å². The van der Waals surface area contributed by atoms with Gasteiger partial charge in [0.15, 0.2) is 0 Å². The van der Waals surface area contributed by atoms with Crippen LogP contribution in [0.2, 0.25) is 0 Å². The van der Waals surface area contributed by atoms with Crippen molar-refractivity contribution in [1.82, 2.24) is 14.5 Å². The summed E-state index contributed by atoms with van der Waals surface area (Å²) in [4.78, 5) is 10.2. The summed E-state index contributed by atoms with van der Waals surface area (Å²) >= 11 is 0. The molecule has 0 fully saturated rings. The fourth-order valence-corrected chi connectivity index (χ4v) is 8.48. The molecule has 55 heavy (non-hydrogen) atoms. The lowest BCUT2D eigenvalue weighted by molar-refractivity contribution is 1.10. The van der Waals surface area contributed by atoms with Crippen LogP contribution in [0.1, 0.15) is 0 Å². The van der Waals surface area contributed by atoms with Crippen LogP contribution in [-0.4, -0.2) is 14.5 Å². The maximum absolute atomic E-state index is 5.43. The first-order valence-corrected chi connectivity index (χ1v) is 18.7. The van der Waals surface area contributed by atoms with Crippen molar-refractivity contribution in [2.75, 3.05) is 0 Å². The number of pyridine rings is 2. The van der Waals surface area contributed by atoms with E-state index in [1.807, 2.05) is 12.3 Å². The molecule has 3 aromatic heterocycles. The molecule has 11 rings (SSSR count). The molecule has 0 spiro atoms. The van der Waals surface area contributed by atoms with Gasteiger partial charge in [0.05, 0.1) is 28.1 Å². The van der Waals surface area contributed by atoms with E-state index in [0.29, 0.717) is 0 Å². The van der Waals surface area contributed by atoms with Gasteiger partial charge in [-0.15, -0.1) is 0 Å². The van der Waals surface area contributed by atoms with Gasteiger partial charge in [-0.1, -0.05) is 152 Å². The molecule has 0 saturated carbocycles. The molecule has 8 aromatic carbocycles. The van der Waals surface area contributed by atoms with Crippen LogP contribution in [0.3, 0.4) is 0 Å². The molecule has 0 unspecified atom stereocenters. The molecule has 256 valence electrons. The minimum absolute atomic E-state index is 0.912. The summed E-state index contributed by atoms with van der Waals surface area (Å²) in [5.74, 6) is 0. The molecule has 3 heterocycles. The van der Waals surface area contributed by atoms with E-state index in [9.17, 15) is 0 Å². The minimum Gasteiger partial charge on any atom is -0.309 e. The van der Waals surface area contributed by atoms with E-state index in [4.69, 9.17) is 9.97 Å². The predicted octanol–water partition coefficient (Wildman–Crippen LogP) is 13.7. The maximum atomic E-state index is 5.43. The Bertz CT molecular complexity index is 3200. The molecule has 0 aliphatic carbocycles. The Morgan fingerprint density at radius 1 is 0.345 bits per heavy atom. The van der Waals surface area contributed by atoms with E-state index < -0.39 is 0 Å². The molecule has 11 aromatic rings. The lowest BCUT2D eigenvalue weighted by Crippen LogP contribution is -2.00. The van der Waals surface area contributed by atoms with Gasteiger partial charge in [0.1, 0.15) is 0 Å². The second-order valence-electron chi connectivity index (χ2n) is 14.2. The highest BCUT2D eigenvalue weighted by Crippen LogP contribution is 2.45. The fraction of sp³-hybridized carbons (Fsp3) is 0. The number of benzene rings is 8. The Kier molecular flexibility index (Phi) is 7.17. The average molecular weight is 700 g/mol. The van der Waals surface area contributed by atoms with Crippen LogP contribution in [0.25, 0.3) is 105 Å². The van der Waals surface area contributed by atoms with E-state index in [0.717, 1.165) is 55.5 Å². The Labute approximate surface area is 318 Å². The Hall–Kier alpha value is -7.36. The van der Waals surface area contributed by atoms with Crippen LogP contribution in [0, 0.1) is 0 Å². The number of rotatable bonds is 5. The molecular formula is C52H33N3. The highest BCUT2D eigenvalue weighted by atomic mass is 15.0. The summed E-state index contributed by atoms with van der Waals surface area (Å²) in [6, 6.07) is 69.9. The number of hydrogen-bond acceptors (Lipinski definition) is 2. The standard InChI is InChI=1S/C52H33N3/c1-3-13-35(14-4-1)47-29-30-48(36-15-5-2-6-16-36)55(47)41-26-27-44-45(33-41)49(40-24-21-34-12-7-8-17-39(34)32-40)42-19-9-10-20-43(42)50(44)46-28-25-38-23-22-37-18-11-31-53-51(37)52(38)54-46/h1-33H. The third kappa shape index (κ3) is 5.13. The zero-order chi connectivity index (χ0) is 36.3. The minimum atomic E-state index is 0.912. The van der Waals surface area contributed by atoms with Crippen LogP contribution >= 0.6 is 0 Å². The van der Waals surface area contributed by atoms with Gasteiger partial charge < -0.3 is 4.57 Å². The summed E-state index contributed by atoms with van der Waals surface area (Å²) in [6.45, 7) is 0. The molecule has 0 aliphatic rings. The number of hydrogen-bond donors (Lipinski definition) is 0. The topological polar surface area (TPSA) is 30.7 Å². The normalized spacial score (nSPS) is 11.6. The Balaban J connectivity index is 1.26. The van der Waals surface area contributed by atoms with Gasteiger partial charge in [0, 0.05) is 28.2 Å². The second-order valence-corrected chi connectivity index (χ2v) is 14.2. The third-order valence-electron chi connectivity index (χ3n) is 11.0. The molecule has 3 nitrogen and oxygen atoms in total. The van der Waals surface area contributed by atoms with Gasteiger partial charge in [-0.05, 0) is 97.0 Å². The molecule has 0 saturated heterocycles. The average Bonchev–Trinajstić information content (AvgIpc) is 3.71. The van der Waals surface area contributed by atoms with Crippen LogP contribution in [0.4, 0.5) is 0 Å². The van der Waals surface area contributed by atoms with E-state index in [1.165, 1.54) is 49.2 Å². The monoisotopic (exact) mass is 699 g/mol. The SMILES string of the molecule is c1ccc(-c2ccc(-c3ccccc3)n2-c2ccc3c(-c4ccc5ccc6cccnc6c5n4)c4ccccc4c(-c4ccc5ccccc5c4)c3c2)cc1. The second kappa shape index (κ2) is 12.6. The van der Waals surface area contributed by atoms with Crippen molar-refractivity contribution in [1.29, 1.82) is 0 Å². The van der Waals surface area contributed by atoms with Crippen molar-refractivity contribution in [3.63, 3.8) is 0 Å². The van der Waals surface area contributed by atoms with Gasteiger partial charge in [-0.3, -0.25) is 4.98 Å². The first kappa shape index (κ1) is 31.2. The highest BCUT2D eigenvalue weighted by molar-refractivity contribution is 6.22. The molecule has 0 atom stereocenters. The summed E-state index contributed by atoms with van der Waals surface area (Å²) in [6.07, 6.45) is 1.86. The zero-order valence-corrected chi connectivity index (χ0v) is 29.9. The molecule has 0 amide bonds. The maximum Gasteiger partial charge on any atom is 0.0972 e. The van der Waals surface area contributed by atoms with Crippen LogP contribution in [0.5, 0.6) is 0 Å². The number of fused-ring (bicyclic) bond motifs is 6. The lowest BCUT2D eigenvalue weighted by Gasteiger charge is -2.20. The van der Waals surface area contributed by atoms with Crippen molar-refractivity contribution in [3.8, 4) is 50.6 Å². The third-order valence-corrected chi connectivity index (χ3v) is 11.0. The van der Waals surface area contributed by atoms with Crippen LogP contribution < -0.4 is 0 Å². The van der Waals surface area contributed by atoms with Crippen molar-refractivity contribution >= 4 is 54.1 Å². The van der Waals surface area contributed by atoms with Crippen molar-refractivity contribution in [2.45, 2.75) is 0 Å². The zero-order valence-electron chi connectivity index (χ0n) is 29.9. The number of aromatic nitrogens is 3. The fourth-order valence-electron chi connectivity index (χ4n) is 8.48. The Morgan fingerprint density at radius 2 is 0.927 bits per heavy atom. The first-order valence-electron chi connectivity index (χ1n) is 18.7. The molecule has 3 heteroatoms. The van der Waals surface area contributed by atoms with Gasteiger partial charge >= 0.3 is 0 Å². The van der Waals surface area contributed by atoms with Gasteiger partial charge in [0.2, 0.25) is 0 Å². The molecule has 0 N–H and O–H groups in total. The molecule has 0 radical (unpaired) electrons. The summed E-state index contributed by atoms with van der Waals surface area (Å²) in [5, 5.41) is 9.29. The lowest BCUT2D eigenvalue weighted by atomic mass is 9.86. The van der Waals surface area contributed by atoms with Crippen LogP contribution in [0.15, 0.2) is 200 Å². The van der Waals surface area contributed by atoms with Crippen molar-refractivity contribution < 1.29 is 0 Å². The predicted molar refractivity (Wildman–Crippen MR) is 231 cm³/mol. The number of nitrogens with zero attached hydrogens (tertiary/aromatic N) is 3. The van der Waals surface area contributed by atoms with Gasteiger partial charge in [-0.2, -0.15) is 0 Å². The van der Waals surface area contributed by atoms with Crippen LogP contribution in [-0.2, 0) is 0 Å². The smallest absolute Gasteiger partial charge is 0.0972 e. The first-order chi connectivity index (χ1) is 27.3. The van der Waals surface area contributed by atoms with Gasteiger partial charge in [0.25, 0.3) is 0 Å². The van der Waals surface area contributed by atoms with E-state index >= 15 is 0 Å². The summed E-state index contributed by atoms with van der Waals surface area (Å²) < 4.78 is 2.41. The molecule has 0 bridgehead atoms. The highest BCUT2D eigenvalue weighted by Gasteiger charge is 2.21. The summed E-state index contributed by atoms with van der Waals surface area (Å²) in [7, 11) is 0. The van der Waals surface area contributed by atoms with Crippen molar-refractivity contribution in [2.24, 2.45) is 0 Å². The molecule has 0 aliphatic heterocycles. The van der Waals surface area contributed by atoms with Gasteiger partial charge in [-0.25, -0.2) is 4.98 Å².